The van der Waals surface area contributed by atoms with E-state index in [1.54, 1.807) is 36.0 Å². The third-order valence-electron chi connectivity index (χ3n) is 5.29. The summed E-state index contributed by atoms with van der Waals surface area (Å²) in [6.45, 7) is 4.20. The number of ether oxygens (including phenoxy) is 1. The second kappa shape index (κ2) is 9.83. The zero-order valence-electron chi connectivity index (χ0n) is 17.2. The van der Waals surface area contributed by atoms with Crippen molar-refractivity contribution in [3.63, 3.8) is 0 Å². The van der Waals surface area contributed by atoms with Crippen LogP contribution in [0.2, 0.25) is 0 Å². The van der Waals surface area contributed by atoms with E-state index >= 15 is 0 Å². The molecule has 1 aliphatic rings. The normalized spacial score (nSPS) is 18.9. The average molecular weight is 413 g/mol. The molecular formula is C23H28N2O3S. The fraction of sp³-hybridized carbons (Fsp3) is 0.391. The third-order valence-corrected chi connectivity index (χ3v) is 6.01. The van der Waals surface area contributed by atoms with Crippen molar-refractivity contribution >= 4 is 29.3 Å². The van der Waals surface area contributed by atoms with Crippen LogP contribution in [0, 0.1) is 0 Å². The molecule has 154 valence electrons. The smallest absolute Gasteiger partial charge is 0.260 e. The Bertz CT molecular complexity index is 843. The van der Waals surface area contributed by atoms with Gasteiger partial charge in [0.25, 0.3) is 11.8 Å². The lowest BCUT2D eigenvalue weighted by Crippen LogP contribution is -2.49. The Kier molecular flexibility index (Phi) is 7.20. The van der Waals surface area contributed by atoms with Gasteiger partial charge in [0.05, 0.1) is 0 Å². The summed E-state index contributed by atoms with van der Waals surface area (Å²) in [6.07, 6.45) is 5.24. The number of hydrogen-bond donors (Lipinski definition) is 1. The summed E-state index contributed by atoms with van der Waals surface area (Å²) in [5.41, 5.74) is 1.30. The van der Waals surface area contributed by atoms with Gasteiger partial charge in [0.15, 0.2) is 6.61 Å². The number of nitrogens with zero attached hydrogens (tertiary/aromatic N) is 1. The number of anilines is 1. The van der Waals surface area contributed by atoms with E-state index in [-0.39, 0.29) is 30.5 Å². The topological polar surface area (TPSA) is 58.6 Å². The van der Waals surface area contributed by atoms with Crippen LogP contribution in [0.3, 0.4) is 0 Å². The number of rotatable bonds is 6. The first-order valence-electron chi connectivity index (χ1n) is 9.97. The highest BCUT2D eigenvalue weighted by molar-refractivity contribution is 7.98. The number of amides is 2. The summed E-state index contributed by atoms with van der Waals surface area (Å²) < 4.78 is 5.68. The summed E-state index contributed by atoms with van der Waals surface area (Å²) in [5, 5.41) is 2.90. The molecule has 1 aliphatic heterocycles. The summed E-state index contributed by atoms with van der Waals surface area (Å²) in [7, 11) is 0. The van der Waals surface area contributed by atoms with E-state index in [0.29, 0.717) is 11.3 Å². The Morgan fingerprint density at radius 1 is 1.10 bits per heavy atom. The molecule has 2 aromatic rings. The van der Waals surface area contributed by atoms with Crippen LogP contribution < -0.4 is 10.1 Å². The van der Waals surface area contributed by atoms with Gasteiger partial charge in [-0.3, -0.25) is 9.59 Å². The highest BCUT2D eigenvalue weighted by Crippen LogP contribution is 2.23. The lowest BCUT2D eigenvalue weighted by Gasteiger charge is -2.38. The average Bonchev–Trinajstić information content (AvgIpc) is 2.72. The molecule has 1 fully saturated rings. The second-order valence-corrected chi connectivity index (χ2v) is 8.31. The first kappa shape index (κ1) is 21.2. The van der Waals surface area contributed by atoms with E-state index in [9.17, 15) is 9.59 Å². The molecule has 0 bridgehead atoms. The minimum absolute atomic E-state index is 0.0141. The van der Waals surface area contributed by atoms with Crippen molar-refractivity contribution in [3.8, 4) is 5.75 Å². The monoisotopic (exact) mass is 412 g/mol. The second-order valence-electron chi connectivity index (χ2n) is 7.43. The van der Waals surface area contributed by atoms with E-state index in [1.807, 2.05) is 35.4 Å². The predicted molar refractivity (Wildman–Crippen MR) is 118 cm³/mol. The van der Waals surface area contributed by atoms with Crippen molar-refractivity contribution in [2.45, 2.75) is 50.1 Å². The maximum Gasteiger partial charge on any atom is 0.260 e. The van der Waals surface area contributed by atoms with Gasteiger partial charge < -0.3 is 15.0 Å². The van der Waals surface area contributed by atoms with Crippen molar-refractivity contribution in [1.82, 2.24) is 4.90 Å². The van der Waals surface area contributed by atoms with Crippen LogP contribution >= 0.6 is 11.8 Å². The largest absolute Gasteiger partial charge is 0.484 e. The zero-order valence-corrected chi connectivity index (χ0v) is 18.0. The first-order chi connectivity index (χ1) is 14.0. The van der Waals surface area contributed by atoms with Crippen LogP contribution in [0.4, 0.5) is 5.69 Å². The van der Waals surface area contributed by atoms with Gasteiger partial charge in [-0.2, -0.15) is 0 Å². The van der Waals surface area contributed by atoms with Gasteiger partial charge in [-0.25, -0.2) is 0 Å². The number of likely N-dealkylation sites (tertiary alicyclic amines) is 1. The van der Waals surface area contributed by atoms with E-state index in [1.165, 1.54) is 0 Å². The van der Waals surface area contributed by atoms with Crippen LogP contribution in [0.25, 0.3) is 0 Å². The minimum atomic E-state index is -0.179. The summed E-state index contributed by atoms with van der Waals surface area (Å²) >= 11 is 1.63. The molecule has 1 N–H and O–H groups in total. The molecule has 0 saturated carbocycles. The van der Waals surface area contributed by atoms with Gasteiger partial charge in [-0.15, -0.1) is 11.8 Å². The summed E-state index contributed by atoms with van der Waals surface area (Å²) in [6, 6.07) is 15.1. The SMILES string of the molecule is CSc1cccc(NC(=O)c2ccc(OCC(=O)N3C(C)CCCC3C)cc2)c1. The number of carbonyl (C=O) groups is 2. The number of carbonyl (C=O) groups excluding carboxylic acids is 2. The van der Waals surface area contributed by atoms with Crippen LogP contribution in [0.5, 0.6) is 5.75 Å². The predicted octanol–water partition coefficient (Wildman–Crippen LogP) is 4.83. The van der Waals surface area contributed by atoms with Crippen molar-refractivity contribution < 1.29 is 14.3 Å². The molecule has 2 aromatic carbocycles. The summed E-state index contributed by atoms with van der Waals surface area (Å²) in [4.78, 5) is 28.0. The van der Waals surface area contributed by atoms with Gasteiger partial charge in [0, 0.05) is 28.2 Å². The number of benzene rings is 2. The zero-order chi connectivity index (χ0) is 20.8. The maximum absolute atomic E-state index is 12.6. The van der Waals surface area contributed by atoms with Gasteiger partial charge in [0.1, 0.15) is 5.75 Å². The molecule has 6 heteroatoms. The molecule has 29 heavy (non-hydrogen) atoms. The first-order valence-corrected chi connectivity index (χ1v) is 11.2. The van der Waals surface area contributed by atoms with E-state index < -0.39 is 0 Å². The Morgan fingerprint density at radius 2 is 1.79 bits per heavy atom. The molecule has 0 radical (unpaired) electrons. The fourth-order valence-electron chi connectivity index (χ4n) is 3.74. The van der Waals surface area contributed by atoms with E-state index in [2.05, 4.69) is 19.2 Å². The maximum atomic E-state index is 12.6. The van der Waals surface area contributed by atoms with Crippen molar-refractivity contribution in [3.05, 3.63) is 54.1 Å². The fourth-order valence-corrected chi connectivity index (χ4v) is 4.20. The molecule has 1 heterocycles. The minimum Gasteiger partial charge on any atom is -0.484 e. The van der Waals surface area contributed by atoms with Crippen molar-refractivity contribution in [2.24, 2.45) is 0 Å². The molecule has 5 nitrogen and oxygen atoms in total. The standard InChI is InChI=1S/C23H28N2O3S/c1-16-6-4-7-17(2)25(16)22(26)15-28-20-12-10-18(11-13-20)23(27)24-19-8-5-9-21(14-19)29-3/h5,8-14,16-17H,4,6-7,15H2,1-3H3,(H,24,27). The highest BCUT2D eigenvalue weighted by Gasteiger charge is 2.28. The number of piperidine rings is 1. The Hall–Kier alpha value is -2.47. The number of thioether (sulfide) groups is 1. The van der Waals surface area contributed by atoms with E-state index in [4.69, 9.17) is 4.74 Å². The third kappa shape index (κ3) is 5.54. The highest BCUT2D eigenvalue weighted by atomic mass is 32.2. The summed E-state index contributed by atoms with van der Waals surface area (Å²) in [5.74, 6) is 0.415. The van der Waals surface area contributed by atoms with Crippen LogP contribution in [-0.2, 0) is 4.79 Å². The van der Waals surface area contributed by atoms with Gasteiger partial charge in [-0.05, 0) is 81.8 Å². The lowest BCUT2D eigenvalue weighted by atomic mass is 9.97. The Labute approximate surface area is 176 Å². The van der Waals surface area contributed by atoms with Gasteiger partial charge >= 0.3 is 0 Å². The Morgan fingerprint density at radius 3 is 2.45 bits per heavy atom. The lowest BCUT2D eigenvalue weighted by molar-refractivity contribution is -0.139. The number of nitrogens with one attached hydrogen (secondary N) is 1. The molecule has 2 atom stereocenters. The molecule has 0 aromatic heterocycles. The Balaban J connectivity index is 1.55. The molecule has 1 saturated heterocycles. The van der Waals surface area contributed by atoms with Crippen molar-refractivity contribution in [2.75, 3.05) is 18.2 Å². The van der Waals surface area contributed by atoms with Crippen LogP contribution in [0.15, 0.2) is 53.4 Å². The van der Waals surface area contributed by atoms with Gasteiger partial charge in [0.2, 0.25) is 0 Å². The molecule has 2 amide bonds. The van der Waals surface area contributed by atoms with Gasteiger partial charge in [-0.1, -0.05) is 6.07 Å². The quantitative estimate of drug-likeness (QED) is 0.691. The molecular weight excluding hydrogens is 384 g/mol. The van der Waals surface area contributed by atoms with Crippen LogP contribution in [0.1, 0.15) is 43.5 Å². The molecule has 3 rings (SSSR count). The molecule has 0 aliphatic carbocycles. The van der Waals surface area contributed by atoms with E-state index in [0.717, 1.165) is 29.8 Å². The molecule has 0 spiro atoms. The molecule has 2 unspecified atom stereocenters. The number of hydrogen-bond acceptors (Lipinski definition) is 4. The van der Waals surface area contributed by atoms with Crippen LogP contribution in [-0.4, -0.2) is 41.7 Å². The van der Waals surface area contributed by atoms with Crippen molar-refractivity contribution in [1.29, 1.82) is 0 Å².